The second-order valence-corrected chi connectivity index (χ2v) is 5.08. The number of fused-ring (bicyclic) bond motifs is 1. The molecule has 1 aromatic heterocycles. The van der Waals surface area contributed by atoms with E-state index in [9.17, 15) is 5.11 Å². The summed E-state index contributed by atoms with van der Waals surface area (Å²) in [6, 6.07) is 20.0. The highest BCUT2D eigenvalue weighted by Gasteiger charge is 2.13. The highest BCUT2D eigenvalue weighted by molar-refractivity contribution is 5.82. The van der Waals surface area contributed by atoms with E-state index < -0.39 is 6.10 Å². The van der Waals surface area contributed by atoms with Gasteiger partial charge in [-0.05, 0) is 30.2 Å². The summed E-state index contributed by atoms with van der Waals surface area (Å²) in [5, 5.41) is 11.6. The molecule has 1 N–H and O–H groups in total. The predicted octanol–water partition coefficient (Wildman–Crippen LogP) is 3.82. The maximum absolute atomic E-state index is 10.6. The first-order valence-corrected chi connectivity index (χ1v) is 6.82. The number of aromatic nitrogens is 1. The lowest BCUT2D eigenvalue weighted by Crippen LogP contribution is -2.04. The van der Waals surface area contributed by atoms with Crippen LogP contribution in [0.25, 0.3) is 10.9 Å². The Bertz CT molecular complexity index is 722. The van der Waals surface area contributed by atoms with Crippen molar-refractivity contribution in [3.8, 4) is 0 Å². The Labute approximate surface area is 118 Å². The summed E-state index contributed by atoms with van der Waals surface area (Å²) in [4.78, 5) is 4.51. The predicted molar refractivity (Wildman–Crippen MR) is 81.6 cm³/mol. The van der Waals surface area contributed by atoms with Crippen LogP contribution in [0.15, 0.2) is 60.7 Å². The maximum atomic E-state index is 10.6. The van der Waals surface area contributed by atoms with Crippen molar-refractivity contribution < 1.29 is 5.11 Å². The van der Waals surface area contributed by atoms with Crippen molar-refractivity contribution in [2.45, 2.75) is 19.4 Å². The Morgan fingerprint density at radius 3 is 2.50 bits per heavy atom. The van der Waals surface area contributed by atoms with Crippen LogP contribution in [0.1, 0.15) is 22.9 Å². The first-order chi connectivity index (χ1) is 9.74. The zero-order valence-electron chi connectivity index (χ0n) is 11.5. The molecule has 0 aliphatic carbocycles. The van der Waals surface area contributed by atoms with Crippen LogP contribution in [0, 0.1) is 6.92 Å². The number of pyridine rings is 1. The van der Waals surface area contributed by atoms with Gasteiger partial charge in [0.05, 0.1) is 11.6 Å². The Kier molecular flexibility index (Phi) is 3.48. The molecule has 1 unspecified atom stereocenters. The number of aliphatic hydroxyl groups is 1. The highest BCUT2D eigenvalue weighted by atomic mass is 16.3. The lowest BCUT2D eigenvalue weighted by Gasteiger charge is -2.14. The molecule has 0 spiro atoms. The smallest absolute Gasteiger partial charge is 0.0837 e. The van der Waals surface area contributed by atoms with Crippen molar-refractivity contribution in [1.82, 2.24) is 4.98 Å². The largest absolute Gasteiger partial charge is 0.388 e. The van der Waals surface area contributed by atoms with E-state index in [1.54, 1.807) is 0 Å². The van der Waals surface area contributed by atoms with Gasteiger partial charge in [0, 0.05) is 17.5 Å². The number of para-hydroxylation sites is 1. The van der Waals surface area contributed by atoms with Crippen molar-refractivity contribution in [2.24, 2.45) is 0 Å². The van der Waals surface area contributed by atoms with Gasteiger partial charge in [-0.15, -0.1) is 0 Å². The lowest BCUT2D eigenvalue weighted by molar-refractivity contribution is 0.180. The van der Waals surface area contributed by atoms with Crippen molar-refractivity contribution in [1.29, 1.82) is 0 Å². The van der Waals surface area contributed by atoms with Gasteiger partial charge in [0.15, 0.2) is 0 Å². The molecule has 2 heteroatoms. The molecule has 1 heterocycles. The molecule has 2 aromatic carbocycles. The van der Waals surface area contributed by atoms with E-state index in [1.165, 1.54) is 0 Å². The molecule has 0 amide bonds. The van der Waals surface area contributed by atoms with Gasteiger partial charge in [0.25, 0.3) is 0 Å². The first-order valence-electron chi connectivity index (χ1n) is 6.82. The van der Waals surface area contributed by atoms with Crippen LogP contribution in [0.5, 0.6) is 0 Å². The van der Waals surface area contributed by atoms with Gasteiger partial charge in [0.1, 0.15) is 0 Å². The van der Waals surface area contributed by atoms with Gasteiger partial charge < -0.3 is 5.11 Å². The Hall–Kier alpha value is -2.19. The van der Waals surface area contributed by atoms with Crippen LogP contribution in [0.4, 0.5) is 0 Å². The molecular weight excluding hydrogens is 246 g/mol. The normalized spacial score (nSPS) is 12.5. The van der Waals surface area contributed by atoms with Crippen LogP contribution in [-0.4, -0.2) is 10.1 Å². The van der Waals surface area contributed by atoms with Crippen LogP contribution in [0.3, 0.4) is 0 Å². The summed E-state index contributed by atoms with van der Waals surface area (Å²) < 4.78 is 0. The van der Waals surface area contributed by atoms with Crippen molar-refractivity contribution >= 4 is 10.9 Å². The number of benzene rings is 2. The molecule has 100 valence electrons. The van der Waals surface area contributed by atoms with E-state index in [-0.39, 0.29) is 0 Å². The van der Waals surface area contributed by atoms with Gasteiger partial charge in [-0.2, -0.15) is 0 Å². The van der Waals surface area contributed by atoms with Crippen molar-refractivity contribution in [2.75, 3.05) is 0 Å². The van der Waals surface area contributed by atoms with Crippen LogP contribution < -0.4 is 0 Å². The van der Waals surface area contributed by atoms with E-state index in [4.69, 9.17) is 0 Å². The van der Waals surface area contributed by atoms with Crippen LogP contribution >= 0.6 is 0 Å². The molecular formula is C18H17NO. The minimum Gasteiger partial charge on any atom is -0.388 e. The summed E-state index contributed by atoms with van der Waals surface area (Å²) in [7, 11) is 0. The quantitative estimate of drug-likeness (QED) is 0.779. The number of aryl methyl sites for hydroxylation is 1. The third kappa shape index (κ3) is 2.56. The first kappa shape index (κ1) is 12.8. The summed E-state index contributed by atoms with van der Waals surface area (Å²) in [5.74, 6) is 0. The number of hydrogen-bond donors (Lipinski definition) is 1. The average molecular weight is 263 g/mol. The maximum Gasteiger partial charge on any atom is 0.0837 e. The fraction of sp³-hybridized carbons (Fsp3) is 0.167. The minimum absolute atomic E-state index is 0.510. The summed E-state index contributed by atoms with van der Waals surface area (Å²) in [6.07, 6.45) is 0.109. The van der Waals surface area contributed by atoms with E-state index in [1.807, 2.05) is 67.6 Å². The molecule has 3 aromatic rings. The average Bonchev–Trinajstić information content (AvgIpc) is 2.47. The minimum atomic E-state index is -0.510. The van der Waals surface area contributed by atoms with E-state index in [0.29, 0.717) is 6.42 Å². The molecule has 0 bridgehead atoms. The molecule has 0 aliphatic rings. The van der Waals surface area contributed by atoms with Crippen LogP contribution in [-0.2, 0) is 6.42 Å². The third-order valence-corrected chi connectivity index (χ3v) is 3.51. The van der Waals surface area contributed by atoms with E-state index in [2.05, 4.69) is 4.98 Å². The molecule has 2 nitrogen and oxygen atoms in total. The Morgan fingerprint density at radius 1 is 1.00 bits per heavy atom. The topological polar surface area (TPSA) is 33.1 Å². The number of hydrogen-bond acceptors (Lipinski definition) is 2. The summed E-state index contributed by atoms with van der Waals surface area (Å²) >= 11 is 0. The molecule has 0 saturated heterocycles. The highest BCUT2D eigenvalue weighted by Crippen LogP contribution is 2.26. The lowest BCUT2D eigenvalue weighted by atomic mass is 9.97. The fourth-order valence-electron chi connectivity index (χ4n) is 2.56. The molecule has 1 atom stereocenters. The van der Waals surface area contributed by atoms with E-state index in [0.717, 1.165) is 27.7 Å². The zero-order valence-corrected chi connectivity index (χ0v) is 11.5. The number of nitrogens with zero attached hydrogens (tertiary/aromatic N) is 1. The second-order valence-electron chi connectivity index (χ2n) is 5.08. The molecule has 0 saturated carbocycles. The second kappa shape index (κ2) is 5.43. The SMILES string of the molecule is Cc1cc(C(O)Cc2ccccc2)c2ccccc2n1. The standard InChI is InChI=1S/C18H17NO/c1-13-11-16(15-9-5-6-10-17(15)19-13)18(20)12-14-7-3-2-4-8-14/h2-11,18,20H,12H2,1H3. The van der Waals surface area contributed by atoms with Gasteiger partial charge in [0.2, 0.25) is 0 Å². The molecule has 20 heavy (non-hydrogen) atoms. The third-order valence-electron chi connectivity index (χ3n) is 3.51. The van der Waals surface area contributed by atoms with Gasteiger partial charge in [-0.1, -0.05) is 48.5 Å². The van der Waals surface area contributed by atoms with E-state index >= 15 is 0 Å². The number of aliphatic hydroxyl groups excluding tert-OH is 1. The molecule has 0 fully saturated rings. The van der Waals surface area contributed by atoms with Crippen molar-refractivity contribution in [3.63, 3.8) is 0 Å². The summed E-state index contributed by atoms with van der Waals surface area (Å²) in [5.41, 5.74) is 3.97. The Morgan fingerprint density at radius 2 is 1.70 bits per heavy atom. The van der Waals surface area contributed by atoms with Gasteiger partial charge in [-0.25, -0.2) is 0 Å². The molecule has 0 radical (unpaired) electrons. The fourth-order valence-corrected chi connectivity index (χ4v) is 2.56. The summed E-state index contributed by atoms with van der Waals surface area (Å²) in [6.45, 7) is 1.96. The number of rotatable bonds is 3. The molecule has 3 rings (SSSR count). The van der Waals surface area contributed by atoms with Gasteiger partial charge in [-0.3, -0.25) is 4.98 Å². The zero-order chi connectivity index (χ0) is 13.9. The monoisotopic (exact) mass is 263 g/mol. The van der Waals surface area contributed by atoms with Crippen molar-refractivity contribution in [3.05, 3.63) is 77.5 Å². The van der Waals surface area contributed by atoms with Gasteiger partial charge >= 0.3 is 0 Å². The van der Waals surface area contributed by atoms with Crippen LogP contribution in [0.2, 0.25) is 0 Å². The Balaban J connectivity index is 2.01. The molecule has 0 aliphatic heterocycles.